The molecule has 0 saturated carbocycles. The Bertz CT molecular complexity index is 592. The van der Waals surface area contributed by atoms with Gasteiger partial charge in [-0.15, -0.1) is 0 Å². The Kier molecular flexibility index (Phi) is 4.35. The molecule has 0 radical (unpaired) electrons. The molecule has 0 fully saturated rings. The van der Waals surface area contributed by atoms with Crippen LogP contribution >= 0.6 is 0 Å². The average Bonchev–Trinajstić information content (AvgIpc) is 2.46. The summed E-state index contributed by atoms with van der Waals surface area (Å²) in [6.45, 7) is 5.48. The van der Waals surface area contributed by atoms with E-state index < -0.39 is 0 Å². The molecular weight excluding hydrogens is 234 g/mol. The van der Waals surface area contributed by atoms with Gasteiger partial charge in [-0.05, 0) is 36.3 Å². The molecule has 2 aromatic carbocycles. The molecule has 0 unspecified atom stereocenters. The number of nitrogens with zero attached hydrogens (tertiary/aromatic N) is 1. The number of carbonyl (C=O) groups excluding carboxylic acids is 1. The van der Waals surface area contributed by atoms with Crippen LogP contribution in [0.5, 0.6) is 0 Å². The number of carbonyl (C=O) groups is 1. The van der Waals surface area contributed by atoms with Gasteiger partial charge in [-0.1, -0.05) is 42.5 Å². The summed E-state index contributed by atoms with van der Waals surface area (Å²) < 4.78 is 0. The van der Waals surface area contributed by atoms with Crippen molar-refractivity contribution in [2.24, 2.45) is 0 Å². The normalized spacial score (nSPS) is 11.1. The Morgan fingerprint density at radius 3 is 2.47 bits per heavy atom. The summed E-state index contributed by atoms with van der Waals surface area (Å²) in [7, 11) is 0. The van der Waals surface area contributed by atoms with Crippen LogP contribution in [-0.4, -0.2) is 23.9 Å². The van der Waals surface area contributed by atoms with Gasteiger partial charge in [0.25, 0.3) is 0 Å². The smallest absolute Gasteiger partial charge is 0.246 e. The number of fused-ring (bicyclic) bond motifs is 1. The molecule has 2 rings (SSSR count). The van der Waals surface area contributed by atoms with Crippen LogP contribution in [0.2, 0.25) is 0 Å². The number of likely N-dealkylation sites (N-methyl/N-ethyl adjacent to an activating group) is 1. The van der Waals surface area contributed by atoms with E-state index in [2.05, 4.69) is 18.2 Å². The topological polar surface area (TPSA) is 20.3 Å². The van der Waals surface area contributed by atoms with Crippen LogP contribution in [0.25, 0.3) is 16.8 Å². The maximum Gasteiger partial charge on any atom is 0.246 e. The van der Waals surface area contributed by atoms with Crippen LogP contribution in [0, 0.1) is 0 Å². The number of hydrogen-bond acceptors (Lipinski definition) is 1. The molecule has 0 bridgehead atoms. The highest BCUT2D eigenvalue weighted by atomic mass is 16.2. The quantitative estimate of drug-likeness (QED) is 0.760. The Morgan fingerprint density at radius 2 is 1.74 bits per heavy atom. The molecule has 0 heterocycles. The number of benzene rings is 2. The fourth-order valence-corrected chi connectivity index (χ4v) is 2.20. The Morgan fingerprint density at radius 1 is 1.05 bits per heavy atom. The summed E-state index contributed by atoms with van der Waals surface area (Å²) in [5, 5.41) is 2.37. The van der Waals surface area contributed by atoms with Crippen molar-refractivity contribution in [3.05, 3.63) is 54.1 Å². The summed E-state index contributed by atoms with van der Waals surface area (Å²) >= 11 is 0. The monoisotopic (exact) mass is 253 g/mol. The zero-order valence-corrected chi connectivity index (χ0v) is 11.5. The lowest BCUT2D eigenvalue weighted by Gasteiger charge is -2.15. The molecule has 0 aliphatic carbocycles. The van der Waals surface area contributed by atoms with Gasteiger partial charge in [0.05, 0.1) is 0 Å². The third-order valence-electron chi connectivity index (χ3n) is 3.30. The van der Waals surface area contributed by atoms with E-state index >= 15 is 0 Å². The molecule has 0 aliphatic heterocycles. The number of hydrogen-bond donors (Lipinski definition) is 0. The van der Waals surface area contributed by atoms with Crippen molar-refractivity contribution in [2.45, 2.75) is 13.8 Å². The second-order valence-corrected chi connectivity index (χ2v) is 4.41. The highest BCUT2D eigenvalue weighted by Crippen LogP contribution is 2.19. The van der Waals surface area contributed by atoms with E-state index in [1.807, 2.05) is 49.1 Å². The first-order valence-corrected chi connectivity index (χ1v) is 6.71. The molecule has 0 N–H and O–H groups in total. The third-order valence-corrected chi connectivity index (χ3v) is 3.30. The van der Waals surface area contributed by atoms with E-state index in [1.165, 1.54) is 10.8 Å². The molecule has 2 aromatic rings. The largest absolute Gasteiger partial charge is 0.340 e. The van der Waals surface area contributed by atoms with Gasteiger partial charge in [-0.2, -0.15) is 0 Å². The highest BCUT2D eigenvalue weighted by molar-refractivity contribution is 5.96. The fraction of sp³-hybridized carbons (Fsp3) is 0.235. The van der Waals surface area contributed by atoms with Crippen LogP contribution in [0.4, 0.5) is 0 Å². The zero-order valence-electron chi connectivity index (χ0n) is 11.5. The molecule has 1 amide bonds. The summed E-state index contributed by atoms with van der Waals surface area (Å²) in [5.74, 6) is 0.0675. The fourth-order valence-electron chi connectivity index (χ4n) is 2.20. The van der Waals surface area contributed by atoms with E-state index in [4.69, 9.17) is 0 Å². The highest BCUT2D eigenvalue weighted by Gasteiger charge is 2.05. The number of rotatable bonds is 4. The number of amides is 1. The molecule has 2 heteroatoms. The van der Waals surface area contributed by atoms with E-state index in [-0.39, 0.29) is 5.91 Å². The van der Waals surface area contributed by atoms with E-state index in [0.29, 0.717) is 0 Å². The Hall–Kier alpha value is -2.09. The van der Waals surface area contributed by atoms with Crippen molar-refractivity contribution in [3.8, 4) is 0 Å². The average molecular weight is 253 g/mol. The SMILES string of the molecule is CCN(CC)C(=O)/C=C/c1cccc2ccccc12. The van der Waals surface area contributed by atoms with Crippen molar-refractivity contribution >= 4 is 22.8 Å². The molecule has 0 atom stereocenters. The van der Waals surface area contributed by atoms with Gasteiger partial charge in [0.15, 0.2) is 0 Å². The summed E-state index contributed by atoms with van der Waals surface area (Å²) in [6.07, 6.45) is 3.57. The van der Waals surface area contributed by atoms with Crippen molar-refractivity contribution in [3.63, 3.8) is 0 Å². The lowest BCUT2D eigenvalue weighted by Crippen LogP contribution is -2.28. The van der Waals surface area contributed by atoms with Crippen molar-refractivity contribution in [1.29, 1.82) is 0 Å². The van der Waals surface area contributed by atoms with Crippen molar-refractivity contribution in [2.75, 3.05) is 13.1 Å². The van der Waals surface area contributed by atoms with Crippen LogP contribution < -0.4 is 0 Å². The van der Waals surface area contributed by atoms with Gasteiger partial charge < -0.3 is 4.90 Å². The predicted molar refractivity (Wildman–Crippen MR) is 80.9 cm³/mol. The van der Waals surface area contributed by atoms with Crippen LogP contribution in [-0.2, 0) is 4.79 Å². The maximum atomic E-state index is 12.0. The van der Waals surface area contributed by atoms with E-state index in [0.717, 1.165) is 18.7 Å². The van der Waals surface area contributed by atoms with Gasteiger partial charge in [0.1, 0.15) is 0 Å². The first-order chi connectivity index (χ1) is 9.26. The molecular formula is C17H19NO. The first kappa shape index (κ1) is 13.3. The second kappa shape index (κ2) is 6.19. The van der Waals surface area contributed by atoms with Crippen molar-refractivity contribution in [1.82, 2.24) is 4.90 Å². The Labute approximate surface area is 114 Å². The standard InChI is InChI=1S/C17H19NO/c1-3-18(4-2)17(19)13-12-15-10-7-9-14-8-5-6-11-16(14)15/h5-13H,3-4H2,1-2H3/b13-12+. The van der Waals surface area contributed by atoms with E-state index in [9.17, 15) is 4.79 Å². The summed E-state index contributed by atoms with van der Waals surface area (Å²) in [6, 6.07) is 14.3. The molecule has 0 saturated heterocycles. The molecule has 2 nitrogen and oxygen atoms in total. The van der Waals surface area contributed by atoms with Crippen LogP contribution in [0.3, 0.4) is 0 Å². The Balaban J connectivity index is 2.28. The molecule has 0 aromatic heterocycles. The minimum atomic E-state index is 0.0675. The first-order valence-electron chi connectivity index (χ1n) is 6.71. The molecule has 0 spiro atoms. The lowest BCUT2D eigenvalue weighted by molar-refractivity contribution is -0.125. The zero-order chi connectivity index (χ0) is 13.7. The predicted octanol–water partition coefficient (Wildman–Crippen LogP) is 3.72. The third kappa shape index (κ3) is 3.02. The molecule has 98 valence electrons. The minimum Gasteiger partial charge on any atom is -0.340 e. The summed E-state index contributed by atoms with van der Waals surface area (Å²) in [4.78, 5) is 13.8. The maximum absolute atomic E-state index is 12.0. The second-order valence-electron chi connectivity index (χ2n) is 4.41. The minimum absolute atomic E-state index is 0.0675. The summed E-state index contributed by atoms with van der Waals surface area (Å²) in [5.41, 5.74) is 1.08. The van der Waals surface area contributed by atoms with Gasteiger partial charge in [-0.25, -0.2) is 0 Å². The van der Waals surface area contributed by atoms with Gasteiger partial charge in [0.2, 0.25) is 5.91 Å². The van der Waals surface area contributed by atoms with Crippen LogP contribution in [0.1, 0.15) is 19.4 Å². The van der Waals surface area contributed by atoms with Gasteiger partial charge in [0, 0.05) is 19.2 Å². The molecule has 19 heavy (non-hydrogen) atoms. The molecule has 0 aliphatic rings. The van der Waals surface area contributed by atoms with Crippen LogP contribution in [0.15, 0.2) is 48.5 Å². The lowest BCUT2D eigenvalue weighted by atomic mass is 10.0. The van der Waals surface area contributed by atoms with Crippen molar-refractivity contribution < 1.29 is 4.79 Å². The van der Waals surface area contributed by atoms with Gasteiger partial charge in [-0.3, -0.25) is 4.79 Å². The van der Waals surface area contributed by atoms with E-state index in [1.54, 1.807) is 6.08 Å². The van der Waals surface area contributed by atoms with Gasteiger partial charge >= 0.3 is 0 Å².